The van der Waals surface area contributed by atoms with Crippen molar-refractivity contribution in [2.75, 3.05) is 12.3 Å². The van der Waals surface area contributed by atoms with Gasteiger partial charge in [-0.15, -0.1) is 0 Å². The Bertz CT molecular complexity index is 437. The second-order valence-corrected chi connectivity index (χ2v) is 6.67. The van der Waals surface area contributed by atoms with E-state index in [-0.39, 0.29) is 11.5 Å². The number of furan rings is 1. The molecule has 0 bridgehead atoms. The van der Waals surface area contributed by atoms with E-state index in [0.29, 0.717) is 18.7 Å². The van der Waals surface area contributed by atoms with E-state index in [2.05, 4.69) is 12.2 Å². The normalized spacial score (nSPS) is 11.9. The lowest BCUT2D eigenvalue weighted by Crippen LogP contribution is -2.13. The number of unbranched alkanes of at least 4 members (excludes halogenated alkanes) is 1. The summed E-state index contributed by atoms with van der Waals surface area (Å²) in [6, 6.07) is 3.60. The average molecular weight is 273 g/mol. The van der Waals surface area contributed by atoms with Gasteiger partial charge in [0.25, 0.3) is 0 Å². The first kappa shape index (κ1) is 15.2. The Morgan fingerprint density at radius 1 is 1.17 bits per heavy atom. The zero-order chi connectivity index (χ0) is 13.4. The molecule has 0 saturated carbocycles. The molecule has 1 aromatic rings. The average Bonchev–Trinajstić information content (AvgIpc) is 2.74. The Morgan fingerprint density at radius 2 is 1.89 bits per heavy atom. The van der Waals surface area contributed by atoms with E-state index < -0.39 is 9.84 Å². The van der Waals surface area contributed by atoms with E-state index >= 15 is 0 Å². The van der Waals surface area contributed by atoms with Crippen LogP contribution < -0.4 is 5.32 Å². The molecule has 0 atom stereocenters. The van der Waals surface area contributed by atoms with Crippen LogP contribution in [0.25, 0.3) is 0 Å². The summed E-state index contributed by atoms with van der Waals surface area (Å²) in [6.45, 7) is 5.68. The number of sulfone groups is 1. The van der Waals surface area contributed by atoms with Gasteiger partial charge in [-0.1, -0.05) is 20.3 Å². The van der Waals surface area contributed by atoms with Gasteiger partial charge >= 0.3 is 0 Å². The molecular weight excluding hydrogens is 250 g/mol. The molecule has 0 aliphatic heterocycles. The van der Waals surface area contributed by atoms with Crippen LogP contribution in [-0.4, -0.2) is 20.7 Å². The molecule has 4 nitrogen and oxygen atoms in total. The summed E-state index contributed by atoms with van der Waals surface area (Å²) < 4.78 is 29.0. The fraction of sp³-hybridized carbons (Fsp3) is 0.692. The minimum absolute atomic E-state index is 0.0147. The van der Waals surface area contributed by atoms with Crippen molar-refractivity contribution in [2.45, 2.75) is 45.4 Å². The summed E-state index contributed by atoms with van der Waals surface area (Å²) in [4.78, 5) is 0. The molecule has 1 N–H and O–H groups in total. The van der Waals surface area contributed by atoms with E-state index in [1.807, 2.05) is 13.0 Å². The van der Waals surface area contributed by atoms with Crippen LogP contribution in [-0.2, 0) is 22.1 Å². The summed E-state index contributed by atoms with van der Waals surface area (Å²) in [5, 5.41) is 3.22. The number of nitrogens with one attached hydrogen (secondary N) is 1. The summed E-state index contributed by atoms with van der Waals surface area (Å²) >= 11 is 0. The molecule has 0 aromatic carbocycles. The maximum atomic E-state index is 11.8. The topological polar surface area (TPSA) is 59.3 Å². The first-order valence-corrected chi connectivity index (χ1v) is 8.38. The van der Waals surface area contributed by atoms with Crippen LogP contribution in [0.2, 0.25) is 0 Å². The maximum absolute atomic E-state index is 11.8. The van der Waals surface area contributed by atoms with E-state index in [0.717, 1.165) is 25.1 Å². The van der Waals surface area contributed by atoms with Crippen LogP contribution in [0, 0.1) is 0 Å². The fourth-order valence-corrected chi connectivity index (χ4v) is 3.10. The lowest BCUT2D eigenvalue weighted by Gasteiger charge is -2.01. The number of hydrogen-bond acceptors (Lipinski definition) is 4. The monoisotopic (exact) mass is 273 g/mol. The molecule has 0 saturated heterocycles. The molecular formula is C13H23NO3S. The minimum Gasteiger partial charge on any atom is -0.464 e. The molecule has 1 heterocycles. The Hall–Kier alpha value is -0.810. The van der Waals surface area contributed by atoms with Crippen molar-refractivity contribution >= 4 is 9.84 Å². The highest BCUT2D eigenvalue weighted by atomic mass is 32.2. The van der Waals surface area contributed by atoms with Gasteiger partial charge in [0.05, 0.1) is 12.3 Å². The van der Waals surface area contributed by atoms with E-state index in [1.165, 1.54) is 0 Å². The van der Waals surface area contributed by atoms with Crippen LogP contribution in [0.1, 0.15) is 44.6 Å². The Balaban J connectivity index is 2.48. The smallest absolute Gasteiger partial charge is 0.157 e. The van der Waals surface area contributed by atoms with Gasteiger partial charge in [0.2, 0.25) is 0 Å². The van der Waals surface area contributed by atoms with Crippen molar-refractivity contribution in [2.24, 2.45) is 0 Å². The lowest BCUT2D eigenvalue weighted by atomic mass is 10.4. The van der Waals surface area contributed by atoms with Gasteiger partial charge in [-0.3, -0.25) is 0 Å². The zero-order valence-corrected chi connectivity index (χ0v) is 12.1. The van der Waals surface area contributed by atoms with Crippen molar-refractivity contribution in [1.29, 1.82) is 0 Å². The quantitative estimate of drug-likeness (QED) is 0.702. The molecule has 0 radical (unpaired) electrons. The van der Waals surface area contributed by atoms with Gasteiger partial charge in [-0.25, -0.2) is 8.42 Å². The van der Waals surface area contributed by atoms with E-state index in [1.54, 1.807) is 6.07 Å². The first-order chi connectivity index (χ1) is 8.57. The SMILES string of the molecule is CCCCS(=O)(=O)Cc1ccc(CNCCC)o1. The van der Waals surface area contributed by atoms with Crippen LogP contribution in [0.3, 0.4) is 0 Å². The highest BCUT2D eigenvalue weighted by Crippen LogP contribution is 2.12. The van der Waals surface area contributed by atoms with Gasteiger partial charge in [0.1, 0.15) is 17.3 Å². The van der Waals surface area contributed by atoms with Gasteiger partial charge in [-0.2, -0.15) is 0 Å². The third-order valence-electron chi connectivity index (χ3n) is 2.61. The molecule has 0 spiro atoms. The molecule has 0 aliphatic rings. The third-order valence-corrected chi connectivity index (χ3v) is 4.25. The van der Waals surface area contributed by atoms with Crippen molar-refractivity contribution in [3.63, 3.8) is 0 Å². The highest BCUT2D eigenvalue weighted by Gasteiger charge is 2.14. The van der Waals surface area contributed by atoms with Crippen LogP contribution in [0.4, 0.5) is 0 Å². The Kier molecular flexibility index (Phi) is 6.43. The molecule has 0 unspecified atom stereocenters. The van der Waals surface area contributed by atoms with Crippen molar-refractivity contribution in [3.8, 4) is 0 Å². The zero-order valence-electron chi connectivity index (χ0n) is 11.2. The standard InChI is InChI=1S/C13H23NO3S/c1-3-5-9-18(15,16)11-13-7-6-12(17-13)10-14-8-4-2/h6-7,14H,3-5,8-11H2,1-2H3. The first-order valence-electron chi connectivity index (χ1n) is 6.56. The van der Waals surface area contributed by atoms with Crippen LogP contribution >= 0.6 is 0 Å². The molecule has 0 amide bonds. The summed E-state index contributed by atoms with van der Waals surface area (Å²) in [5.74, 6) is 1.59. The lowest BCUT2D eigenvalue weighted by molar-refractivity contribution is 0.456. The molecule has 5 heteroatoms. The molecule has 1 aromatic heterocycles. The van der Waals surface area contributed by atoms with Crippen LogP contribution in [0.5, 0.6) is 0 Å². The summed E-state index contributed by atoms with van der Waals surface area (Å²) in [5.41, 5.74) is 0. The molecule has 18 heavy (non-hydrogen) atoms. The van der Waals surface area contributed by atoms with Crippen molar-refractivity contribution < 1.29 is 12.8 Å². The highest BCUT2D eigenvalue weighted by molar-refractivity contribution is 7.90. The van der Waals surface area contributed by atoms with Crippen LogP contribution in [0.15, 0.2) is 16.5 Å². The van der Waals surface area contributed by atoms with Gasteiger partial charge in [0, 0.05) is 0 Å². The number of rotatable bonds is 9. The Morgan fingerprint density at radius 3 is 2.56 bits per heavy atom. The second kappa shape index (κ2) is 7.59. The Labute approximate surface area is 110 Å². The predicted octanol–water partition coefficient (Wildman–Crippen LogP) is 2.49. The van der Waals surface area contributed by atoms with E-state index in [4.69, 9.17) is 4.42 Å². The molecule has 104 valence electrons. The van der Waals surface area contributed by atoms with Crippen molar-refractivity contribution in [3.05, 3.63) is 23.7 Å². The summed E-state index contributed by atoms with van der Waals surface area (Å²) in [6.07, 6.45) is 2.68. The molecule has 1 rings (SSSR count). The number of hydrogen-bond donors (Lipinski definition) is 1. The predicted molar refractivity (Wildman–Crippen MR) is 73.1 cm³/mol. The summed E-state index contributed by atoms with van der Waals surface area (Å²) in [7, 11) is -3.02. The second-order valence-electron chi connectivity index (χ2n) is 4.49. The molecule has 0 aliphatic carbocycles. The van der Waals surface area contributed by atoms with Gasteiger partial charge < -0.3 is 9.73 Å². The maximum Gasteiger partial charge on any atom is 0.157 e. The largest absolute Gasteiger partial charge is 0.464 e. The minimum atomic E-state index is -3.02. The van der Waals surface area contributed by atoms with E-state index in [9.17, 15) is 8.42 Å². The fourth-order valence-electron chi connectivity index (χ4n) is 1.64. The third kappa shape index (κ3) is 5.69. The van der Waals surface area contributed by atoms with Crippen molar-refractivity contribution in [1.82, 2.24) is 5.32 Å². The van der Waals surface area contributed by atoms with Gasteiger partial charge in [0.15, 0.2) is 9.84 Å². The molecule has 0 fully saturated rings. The van der Waals surface area contributed by atoms with Gasteiger partial charge in [-0.05, 0) is 31.5 Å².